The van der Waals surface area contributed by atoms with Crippen LogP contribution >= 0.6 is 0 Å². The molecule has 0 aliphatic carbocycles. The van der Waals surface area contributed by atoms with Crippen LogP contribution in [-0.2, 0) is 0 Å². The Hall–Kier alpha value is -1.90. The number of rotatable bonds is 0. The molecule has 0 aliphatic rings. The summed E-state index contributed by atoms with van der Waals surface area (Å²) in [5.41, 5.74) is 2.37. The third-order valence-electron chi connectivity index (χ3n) is 2.02. The van der Waals surface area contributed by atoms with E-state index in [0.717, 1.165) is 22.0 Å². The van der Waals surface area contributed by atoms with E-state index in [4.69, 9.17) is 4.42 Å². The van der Waals surface area contributed by atoms with Crippen LogP contribution in [-0.4, -0.2) is 9.97 Å². The van der Waals surface area contributed by atoms with Crippen LogP contribution in [0.15, 0.2) is 34.9 Å². The number of aromatic nitrogens is 2. The fraction of sp³-hybridized carbons (Fsp3) is 0. The Morgan fingerprint density at radius 1 is 1.15 bits per heavy atom. The van der Waals surface area contributed by atoms with Gasteiger partial charge >= 0.3 is 0 Å². The SMILES string of the molecule is [c]1nc2c(ccc3cccnc32)o1. The summed E-state index contributed by atoms with van der Waals surface area (Å²) in [6.07, 6.45) is 4.21. The zero-order chi connectivity index (χ0) is 8.67. The minimum absolute atomic E-state index is 0.728. The van der Waals surface area contributed by atoms with Gasteiger partial charge in [0.25, 0.3) is 6.39 Å². The van der Waals surface area contributed by atoms with Gasteiger partial charge in [-0.3, -0.25) is 4.98 Å². The lowest BCUT2D eigenvalue weighted by Gasteiger charge is -1.94. The standard InChI is InChI=1S/C10H5N2O/c1-2-7-3-4-8-10(12-6-13-8)9(7)11-5-1/h1-5H. The highest BCUT2D eigenvalue weighted by molar-refractivity contribution is 6.00. The fourth-order valence-corrected chi connectivity index (χ4v) is 1.42. The van der Waals surface area contributed by atoms with Gasteiger partial charge in [0.2, 0.25) is 0 Å². The van der Waals surface area contributed by atoms with Gasteiger partial charge in [-0.2, -0.15) is 0 Å². The molecule has 0 N–H and O–H groups in total. The fourth-order valence-electron chi connectivity index (χ4n) is 1.42. The first-order chi connectivity index (χ1) is 6.45. The molecule has 13 heavy (non-hydrogen) atoms. The molecule has 0 saturated carbocycles. The van der Waals surface area contributed by atoms with E-state index in [1.807, 2.05) is 24.3 Å². The van der Waals surface area contributed by atoms with Crippen molar-refractivity contribution in [3.8, 4) is 0 Å². The summed E-state index contributed by atoms with van der Waals surface area (Å²) in [4.78, 5) is 8.23. The smallest absolute Gasteiger partial charge is 0.284 e. The van der Waals surface area contributed by atoms with E-state index in [2.05, 4.69) is 16.4 Å². The van der Waals surface area contributed by atoms with Crippen LogP contribution in [0.1, 0.15) is 0 Å². The summed E-state index contributed by atoms with van der Waals surface area (Å²) in [5, 5.41) is 1.07. The van der Waals surface area contributed by atoms with Crippen LogP contribution in [0.3, 0.4) is 0 Å². The maximum absolute atomic E-state index is 5.05. The molecule has 0 atom stereocenters. The second-order valence-corrected chi connectivity index (χ2v) is 2.79. The molecule has 0 unspecified atom stereocenters. The third kappa shape index (κ3) is 0.839. The van der Waals surface area contributed by atoms with Crippen molar-refractivity contribution in [2.24, 2.45) is 0 Å². The van der Waals surface area contributed by atoms with Crippen LogP contribution in [0.5, 0.6) is 0 Å². The van der Waals surface area contributed by atoms with E-state index in [0.29, 0.717) is 0 Å². The second kappa shape index (κ2) is 2.29. The van der Waals surface area contributed by atoms with Gasteiger partial charge in [-0.25, -0.2) is 4.98 Å². The molecule has 0 aliphatic heterocycles. The summed E-state index contributed by atoms with van der Waals surface area (Å²) in [7, 11) is 0. The van der Waals surface area contributed by atoms with Gasteiger partial charge in [-0.15, -0.1) is 0 Å². The Kier molecular flexibility index (Phi) is 1.16. The van der Waals surface area contributed by atoms with E-state index in [1.54, 1.807) is 6.20 Å². The van der Waals surface area contributed by atoms with E-state index in [-0.39, 0.29) is 0 Å². The van der Waals surface area contributed by atoms with Gasteiger partial charge in [0.1, 0.15) is 5.52 Å². The van der Waals surface area contributed by atoms with E-state index in [1.165, 1.54) is 0 Å². The molecule has 2 heterocycles. The molecule has 2 aromatic heterocycles. The molecule has 1 radical (unpaired) electrons. The lowest BCUT2D eigenvalue weighted by atomic mass is 10.2. The van der Waals surface area contributed by atoms with Crippen molar-refractivity contribution in [3.63, 3.8) is 0 Å². The minimum atomic E-state index is 0.728. The summed E-state index contributed by atoms with van der Waals surface area (Å²) < 4.78 is 5.05. The van der Waals surface area contributed by atoms with Crippen molar-refractivity contribution in [3.05, 3.63) is 36.9 Å². The number of fused-ring (bicyclic) bond motifs is 3. The van der Waals surface area contributed by atoms with E-state index in [9.17, 15) is 0 Å². The molecule has 0 amide bonds. The van der Waals surface area contributed by atoms with Crippen molar-refractivity contribution in [2.75, 3.05) is 0 Å². The normalized spacial score (nSPS) is 11.1. The minimum Gasteiger partial charge on any atom is -0.432 e. The molecular formula is C10H5N2O. The van der Waals surface area contributed by atoms with Crippen LogP contribution in [0.4, 0.5) is 0 Å². The molecule has 3 heteroatoms. The van der Waals surface area contributed by atoms with E-state index >= 15 is 0 Å². The van der Waals surface area contributed by atoms with Crippen molar-refractivity contribution in [1.82, 2.24) is 9.97 Å². The summed E-state index contributed by atoms with van der Waals surface area (Å²) in [5.74, 6) is 0. The molecule has 61 valence electrons. The summed E-state index contributed by atoms with van der Waals surface area (Å²) in [6.45, 7) is 0. The molecular weight excluding hydrogens is 164 g/mol. The molecule has 3 aromatic rings. The van der Waals surface area contributed by atoms with Crippen LogP contribution in [0.25, 0.3) is 22.0 Å². The van der Waals surface area contributed by atoms with Gasteiger partial charge in [0.15, 0.2) is 5.58 Å². The number of benzene rings is 1. The van der Waals surface area contributed by atoms with Crippen molar-refractivity contribution in [1.29, 1.82) is 0 Å². The molecule has 0 spiro atoms. The Balaban J connectivity index is 2.65. The Morgan fingerprint density at radius 2 is 2.15 bits per heavy atom. The lowest BCUT2D eigenvalue weighted by Crippen LogP contribution is -1.78. The quantitative estimate of drug-likeness (QED) is 0.517. The number of nitrogens with zero attached hydrogens (tertiary/aromatic N) is 2. The third-order valence-corrected chi connectivity index (χ3v) is 2.02. The van der Waals surface area contributed by atoms with Crippen LogP contribution < -0.4 is 0 Å². The van der Waals surface area contributed by atoms with Crippen molar-refractivity contribution >= 4 is 22.0 Å². The van der Waals surface area contributed by atoms with Gasteiger partial charge in [0.05, 0.1) is 5.52 Å². The predicted molar refractivity (Wildman–Crippen MR) is 48.1 cm³/mol. The molecule has 3 nitrogen and oxygen atoms in total. The Bertz CT molecular complexity index is 571. The first-order valence-electron chi connectivity index (χ1n) is 3.95. The number of oxazole rings is 1. The van der Waals surface area contributed by atoms with E-state index < -0.39 is 0 Å². The molecule has 0 fully saturated rings. The van der Waals surface area contributed by atoms with Gasteiger partial charge in [-0.1, -0.05) is 6.07 Å². The predicted octanol–water partition coefficient (Wildman–Crippen LogP) is 2.18. The van der Waals surface area contributed by atoms with Crippen LogP contribution in [0, 0.1) is 6.39 Å². The van der Waals surface area contributed by atoms with Gasteiger partial charge in [0, 0.05) is 11.6 Å². The van der Waals surface area contributed by atoms with Crippen molar-refractivity contribution in [2.45, 2.75) is 0 Å². The maximum atomic E-state index is 5.05. The number of pyridine rings is 1. The molecule has 1 aromatic carbocycles. The Labute approximate surface area is 74.0 Å². The number of hydrogen-bond donors (Lipinski definition) is 0. The van der Waals surface area contributed by atoms with Crippen LogP contribution in [0.2, 0.25) is 0 Å². The largest absolute Gasteiger partial charge is 0.432 e. The van der Waals surface area contributed by atoms with Gasteiger partial charge in [-0.05, 0) is 18.2 Å². The average molecular weight is 169 g/mol. The average Bonchev–Trinajstić information content (AvgIpc) is 2.65. The molecule has 0 bridgehead atoms. The highest BCUT2D eigenvalue weighted by Gasteiger charge is 2.03. The highest BCUT2D eigenvalue weighted by atomic mass is 16.3. The summed E-state index contributed by atoms with van der Waals surface area (Å²) >= 11 is 0. The first-order valence-corrected chi connectivity index (χ1v) is 3.95. The molecule has 0 saturated heterocycles. The monoisotopic (exact) mass is 169 g/mol. The summed E-state index contributed by atoms with van der Waals surface area (Å²) in [6, 6.07) is 7.74. The van der Waals surface area contributed by atoms with Crippen molar-refractivity contribution < 1.29 is 4.42 Å². The maximum Gasteiger partial charge on any atom is 0.284 e. The topological polar surface area (TPSA) is 38.9 Å². The number of hydrogen-bond acceptors (Lipinski definition) is 3. The second-order valence-electron chi connectivity index (χ2n) is 2.79. The zero-order valence-electron chi connectivity index (χ0n) is 6.69. The van der Waals surface area contributed by atoms with Gasteiger partial charge < -0.3 is 4.42 Å². The first kappa shape index (κ1) is 6.60. The zero-order valence-corrected chi connectivity index (χ0v) is 6.69. The highest BCUT2D eigenvalue weighted by Crippen LogP contribution is 2.21. The Morgan fingerprint density at radius 3 is 3.15 bits per heavy atom. The lowest BCUT2D eigenvalue weighted by molar-refractivity contribution is 0.591. The molecule has 3 rings (SSSR count).